The number of nitrogens with zero attached hydrogens (tertiary/aromatic N) is 2. The molecule has 8 nitrogen and oxygen atoms in total. The van der Waals surface area contributed by atoms with Crippen molar-refractivity contribution in [3.63, 3.8) is 0 Å². The number of pyridine rings is 1. The number of hydrogen-bond donors (Lipinski definition) is 2. The largest absolute Gasteiger partial charge is 0.494 e. The van der Waals surface area contributed by atoms with Gasteiger partial charge >= 0.3 is 5.97 Å². The highest BCUT2D eigenvalue weighted by molar-refractivity contribution is 7.92. The lowest BCUT2D eigenvalue weighted by Crippen LogP contribution is -2.34. The minimum atomic E-state index is -3.92. The van der Waals surface area contributed by atoms with Gasteiger partial charge in [-0.15, -0.1) is 0 Å². The Hall–Kier alpha value is -2.81. The molecule has 29 heavy (non-hydrogen) atoms. The number of hydrogen-bond acceptors (Lipinski definition) is 6. The van der Waals surface area contributed by atoms with Crippen LogP contribution in [0.1, 0.15) is 37.0 Å². The number of carboxylic acids is 1. The fourth-order valence-electron chi connectivity index (χ4n) is 3.21. The van der Waals surface area contributed by atoms with Crippen LogP contribution in [-0.2, 0) is 10.0 Å². The van der Waals surface area contributed by atoms with Crippen LogP contribution in [0.2, 0.25) is 0 Å². The summed E-state index contributed by atoms with van der Waals surface area (Å²) in [6, 6.07) is 7.37. The Morgan fingerprint density at radius 2 is 1.93 bits per heavy atom. The molecule has 1 aliphatic rings. The SMILES string of the molecule is CCOc1ccc(S(=O)(=O)Nc2cc(C(=O)O)cnc2N2CCC(C)CC2)cc1. The van der Waals surface area contributed by atoms with Gasteiger partial charge in [0.2, 0.25) is 0 Å². The van der Waals surface area contributed by atoms with E-state index in [0.29, 0.717) is 24.1 Å². The van der Waals surface area contributed by atoms with E-state index in [0.717, 1.165) is 25.9 Å². The normalized spacial score (nSPS) is 15.2. The number of ether oxygens (including phenoxy) is 1. The second-order valence-corrected chi connectivity index (χ2v) is 8.76. The first-order valence-corrected chi connectivity index (χ1v) is 11.0. The van der Waals surface area contributed by atoms with E-state index < -0.39 is 16.0 Å². The molecule has 0 saturated carbocycles. The van der Waals surface area contributed by atoms with Crippen molar-refractivity contribution >= 4 is 27.5 Å². The summed E-state index contributed by atoms with van der Waals surface area (Å²) in [7, 11) is -3.92. The van der Waals surface area contributed by atoms with E-state index in [-0.39, 0.29) is 16.1 Å². The smallest absolute Gasteiger partial charge is 0.337 e. The van der Waals surface area contributed by atoms with Crippen LogP contribution in [-0.4, -0.2) is 44.2 Å². The van der Waals surface area contributed by atoms with Gasteiger partial charge in [0.25, 0.3) is 10.0 Å². The zero-order chi connectivity index (χ0) is 21.0. The van der Waals surface area contributed by atoms with E-state index in [4.69, 9.17) is 4.74 Å². The molecule has 1 fully saturated rings. The van der Waals surface area contributed by atoms with Gasteiger partial charge in [-0.3, -0.25) is 4.72 Å². The molecule has 0 atom stereocenters. The highest BCUT2D eigenvalue weighted by atomic mass is 32.2. The molecule has 0 aliphatic carbocycles. The Balaban J connectivity index is 1.92. The van der Waals surface area contributed by atoms with Crippen LogP contribution in [0.5, 0.6) is 5.75 Å². The first-order valence-electron chi connectivity index (χ1n) is 9.54. The molecular formula is C20H25N3O5S. The molecule has 1 saturated heterocycles. The van der Waals surface area contributed by atoms with Crippen LogP contribution in [0.4, 0.5) is 11.5 Å². The van der Waals surface area contributed by atoms with Gasteiger partial charge in [-0.05, 0) is 56.0 Å². The van der Waals surface area contributed by atoms with Crippen molar-refractivity contribution in [2.24, 2.45) is 5.92 Å². The van der Waals surface area contributed by atoms with Gasteiger partial charge in [0, 0.05) is 19.3 Å². The highest BCUT2D eigenvalue weighted by Gasteiger charge is 2.24. The van der Waals surface area contributed by atoms with E-state index in [9.17, 15) is 18.3 Å². The molecule has 1 aliphatic heterocycles. The lowest BCUT2D eigenvalue weighted by molar-refractivity contribution is 0.0696. The summed E-state index contributed by atoms with van der Waals surface area (Å²) in [6.45, 7) is 5.97. The summed E-state index contributed by atoms with van der Waals surface area (Å²) in [5, 5.41) is 9.30. The van der Waals surface area contributed by atoms with Crippen LogP contribution >= 0.6 is 0 Å². The molecule has 2 aromatic rings. The fraction of sp³-hybridized carbons (Fsp3) is 0.400. The van der Waals surface area contributed by atoms with E-state index in [1.807, 2.05) is 11.8 Å². The third-order valence-electron chi connectivity index (χ3n) is 4.89. The number of aromatic carboxylic acids is 1. The molecule has 1 aromatic heterocycles. The number of aromatic nitrogens is 1. The topological polar surface area (TPSA) is 109 Å². The quantitative estimate of drug-likeness (QED) is 0.709. The highest BCUT2D eigenvalue weighted by Crippen LogP contribution is 2.30. The minimum absolute atomic E-state index is 0.0555. The van der Waals surface area contributed by atoms with E-state index in [2.05, 4.69) is 16.6 Å². The predicted octanol–water partition coefficient (Wildman–Crippen LogP) is 3.22. The molecule has 3 rings (SSSR count). The number of piperidine rings is 1. The summed E-state index contributed by atoms with van der Waals surface area (Å²) in [4.78, 5) is 17.7. The van der Waals surface area contributed by atoms with E-state index in [1.165, 1.54) is 24.4 Å². The Morgan fingerprint density at radius 3 is 2.52 bits per heavy atom. The van der Waals surface area contributed by atoms with Crippen molar-refractivity contribution in [2.45, 2.75) is 31.6 Å². The fourth-order valence-corrected chi connectivity index (χ4v) is 4.26. The first kappa shape index (κ1) is 20.9. The van der Waals surface area contributed by atoms with Gasteiger partial charge in [-0.25, -0.2) is 18.2 Å². The standard InChI is InChI=1S/C20H25N3O5S/c1-3-28-16-4-6-17(7-5-16)29(26,27)22-18-12-15(20(24)25)13-21-19(18)23-10-8-14(2)9-11-23/h4-7,12-14,22H,3,8-11H2,1-2H3,(H,24,25). The van der Waals surface area contributed by atoms with Gasteiger partial charge in [0.1, 0.15) is 5.75 Å². The molecule has 1 aromatic carbocycles. The Kier molecular flexibility index (Phi) is 6.26. The summed E-state index contributed by atoms with van der Waals surface area (Å²) in [5.74, 6) is 0.437. The second kappa shape index (κ2) is 8.69. The van der Waals surface area contributed by atoms with Crippen LogP contribution in [0.3, 0.4) is 0 Å². The number of carboxylic acid groups (broad SMARTS) is 1. The molecule has 9 heteroatoms. The van der Waals surface area contributed by atoms with Gasteiger partial charge in [-0.2, -0.15) is 0 Å². The van der Waals surface area contributed by atoms with Crippen molar-refractivity contribution in [2.75, 3.05) is 29.3 Å². The maximum absolute atomic E-state index is 12.9. The van der Waals surface area contributed by atoms with Crippen molar-refractivity contribution < 1.29 is 23.1 Å². The first-order chi connectivity index (χ1) is 13.8. The van der Waals surface area contributed by atoms with Gasteiger partial charge in [-0.1, -0.05) is 6.92 Å². The monoisotopic (exact) mass is 419 g/mol. The van der Waals surface area contributed by atoms with Crippen LogP contribution in [0.15, 0.2) is 41.4 Å². The third kappa shape index (κ3) is 4.97. The molecule has 0 amide bonds. The predicted molar refractivity (Wildman–Crippen MR) is 110 cm³/mol. The maximum atomic E-state index is 12.9. The summed E-state index contributed by atoms with van der Waals surface area (Å²) in [5.41, 5.74) is 0.0804. The molecule has 156 valence electrons. The third-order valence-corrected chi connectivity index (χ3v) is 6.27. The lowest BCUT2D eigenvalue weighted by atomic mass is 9.99. The van der Waals surface area contributed by atoms with Crippen molar-refractivity contribution in [3.05, 3.63) is 42.1 Å². The minimum Gasteiger partial charge on any atom is -0.494 e. The number of sulfonamides is 1. The molecular weight excluding hydrogens is 394 g/mol. The molecule has 0 radical (unpaired) electrons. The summed E-state index contributed by atoms with van der Waals surface area (Å²) >= 11 is 0. The second-order valence-electron chi connectivity index (χ2n) is 7.08. The van der Waals surface area contributed by atoms with E-state index in [1.54, 1.807) is 12.1 Å². The van der Waals surface area contributed by atoms with Gasteiger partial charge < -0.3 is 14.7 Å². The van der Waals surface area contributed by atoms with Crippen molar-refractivity contribution in [3.8, 4) is 5.75 Å². The van der Waals surface area contributed by atoms with Crippen molar-refractivity contribution in [1.29, 1.82) is 0 Å². The zero-order valence-electron chi connectivity index (χ0n) is 16.5. The maximum Gasteiger partial charge on any atom is 0.337 e. The van der Waals surface area contributed by atoms with Crippen LogP contribution in [0, 0.1) is 5.92 Å². The average Bonchev–Trinajstić information content (AvgIpc) is 2.69. The van der Waals surface area contributed by atoms with Crippen molar-refractivity contribution in [1.82, 2.24) is 4.98 Å². The summed E-state index contributed by atoms with van der Waals surface area (Å²) < 4.78 is 33.7. The Labute approximate surface area is 170 Å². The van der Waals surface area contributed by atoms with Crippen LogP contribution < -0.4 is 14.4 Å². The lowest BCUT2D eigenvalue weighted by Gasteiger charge is -2.32. The Morgan fingerprint density at radius 1 is 1.28 bits per heavy atom. The number of rotatable bonds is 7. The number of nitrogens with one attached hydrogen (secondary N) is 1. The zero-order valence-corrected chi connectivity index (χ0v) is 17.3. The average molecular weight is 420 g/mol. The van der Waals surface area contributed by atoms with E-state index >= 15 is 0 Å². The molecule has 2 N–H and O–H groups in total. The molecule has 0 unspecified atom stereocenters. The molecule has 0 spiro atoms. The number of carbonyl (C=O) groups is 1. The number of benzene rings is 1. The number of anilines is 2. The molecule has 2 heterocycles. The van der Waals surface area contributed by atoms with Gasteiger partial charge in [0.05, 0.1) is 22.8 Å². The van der Waals surface area contributed by atoms with Gasteiger partial charge in [0.15, 0.2) is 5.82 Å². The summed E-state index contributed by atoms with van der Waals surface area (Å²) in [6.07, 6.45) is 3.19. The van der Waals surface area contributed by atoms with Crippen LogP contribution in [0.25, 0.3) is 0 Å². The Bertz CT molecular complexity index is 968. The molecule has 0 bridgehead atoms.